The molecule has 0 spiro atoms. The fourth-order valence-corrected chi connectivity index (χ4v) is 2.81. The maximum atomic E-state index is 6.23. The second-order valence-corrected chi connectivity index (χ2v) is 6.02. The zero-order valence-corrected chi connectivity index (χ0v) is 13.9. The Morgan fingerprint density at radius 2 is 2.18 bits per heavy atom. The van der Waals surface area contributed by atoms with E-state index in [4.69, 9.17) is 5.73 Å². The van der Waals surface area contributed by atoms with Gasteiger partial charge in [-0.3, -0.25) is 0 Å². The van der Waals surface area contributed by atoms with Gasteiger partial charge in [0.05, 0.1) is 0 Å². The number of hydrogen-bond donors (Lipinski definition) is 2. The molecule has 0 atom stereocenters. The van der Waals surface area contributed by atoms with E-state index >= 15 is 0 Å². The van der Waals surface area contributed by atoms with Crippen LogP contribution in [0.3, 0.4) is 0 Å². The van der Waals surface area contributed by atoms with Crippen molar-refractivity contribution in [3.05, 3.63) is 18.0 Å². The monoisotopic (exact) mass is 303 g/mol. The molecular formula is C17H29N5. The molecule has 1 aromatic heterocycles. The topological polar surface area (TPSA) is 67.1 Å². The maximum absolute atomic E-state index is 6.23. The number of hydrogen-bond acceptors (Lipinski definition) is 5. The normalized spacial score (nSPS) is 14.5. The van der Waals surface area contributed by atoms with Crippen LogP contribution in [0, 0.1) is 0 Å². The van der Waals surface area contributed by atoms with E-state index in [1.165, 1.54) is 25.7 Å². The minimum atomic E-state index is 0.652. The molecule has 0 aromatic carbocycles. The van der Waals surface area contributed by atoms with Gasteiger partial charge in [0.1, 0.15) is 12.0 Å². The smallest absolute Gasteiger partial charge is 0.157 e. The summed E-state index contributed by atoms with van der Waals surface area (Å²) >= 11 is 0. The van der Waals surface area contributed by atoms with Gasteiger partial charge in [-0.1, -0.05) is 25.0 Å². The Morgan fingerprint density at radius 3 is 2.91 bits per heavy atom. The molecule has 0 radical (unpaired) electrons. The molecule has 1 aliphatic rings. The van der Waals surface area contributed by atoms with Crippen molar-refractivity contribution in [3.63, 3.8) is 0 Å². The fraction of sp³-hybridized carbons (Fsp3) is 0.647. The molecule has 5 nitrogen and oxygen atoms in total. The van der Waals surface area contributed by atoms with Gasteiger partial charge < -0.3 is 16.0 Å². The molecule has 22 heavy (non-hydrogen) atoms. The van der Waals surface area contributed by atoms with Gasteiger partial charge in [0.2, 0.25) is 0 Å². The first kappa shape index (κ1) is 16.6. The number of nitrogen functional groups attached to an aromatic ring is 1. The van der Waals surface area contributed by atoms with Crippen LogP contribution in [0.2, 0.25) is 0 Å². The lowest BCUT2D eigenvalue weighted by Crippen LogP contribution is -2.22. The van der Waals surface area contributed by atoms with Gasteiger partial charge in [0.25, 0.3) is 0 Å². The average molecular weight is 303 g/mol. The molecule has 0 fully saturated rings. The van der Waals surface area contributed by atoms with Crippen LogP contribution in [0.5, 0.6) is 0 Å². The third-order valence-corrected chi connectivity index (χ3v) is 4.20. The summed E-state index contributed by atoms with van der Waals surface area (Å²) in [5.74, 6) is 1.58. The van der Waals surface area contributed by atoms with Crippen molar-refractivity contribution in [1.82, 2.24) is 9.97 Å². The van der Waals surface area contributed by atoms with E-state index < -0.39 is 0 Å². The van der Waals surface area contributed by atoms with Crippen molar-refractivity contribution in [3.8, 4) is 0 Å². The summed E-state index contributed by atoms with van der Waals surface area (Å²) in [7, 11) is 2.03. The number of aromatic nitrogens is 2. The molecule has 1 aromatic rings. The molecule has 1 heterocycles. The number of anilines is 3. The van der Waals surface area contributed by atoms with E-state index in [1.807, 2.05) is 7.05 Å². The highest BCUT2D eigenvalue weighted by Gasteiger charge is 2.12. The van der Waals surface area contributed by atoms with Crippen LogP contribution in [-0.2, 0) is 0 Å². The third kappa shape index (κ3) is 4.61. The Balaban J connectivity index is 1.92. The van der Waals surface area contributed by atoms with Gasteiger partial charge in [-0.15, -0.1) is 0 Å². The minimum absolute atomic E-state index is 0.652. The standard InChI is InChI=1S/C17H29N5/c1-3-4-12-22(2)17-15(18)16(20-13-21-17)19-11-10-14-8-6-5-7-9-14/h8,13H,3-7,9-12,18H2,1-2H3,(H,19,20,21). The minimum Gasteiger partial charge on any atom is -0.393 e. The summed E-state index contributed by atoms with van der Waals surface area (Å²) in [4.78, 5) is 10.7. The van der Waals surface area contributed by atoms with E-state index in [9.17, 15) is 0 Å². The van der Waals surface area contributed by atoms with Crippen LogP contribution in [0.4, 0.5) is 17.3 Å². The average Bonchev–Trinajstić information content (AvgIpc) is 2.55. The quantitative estimate of drug-likeness (QED) is 0.718. The summed E-state index contributed by atoms with van der Waals surface area (Å²) in [5.41, 5.74) is 8.44. The van der Waals surface area contributed by atoms with E-state index in [0.29, 0.717) is 5.69 Å². The van der Waals surface area contributed by atoms with Crippen LogP contribution < -0.4 is 16.0 Å². The van der Waals surface area contributed by atoms with E-state index in [-0.39, 0.29) is 0 Å². The van der Waals surface area contributed by atoms with Crippen LogP contribution >= 0.6 is 0 Å². The highest BCUT2D eigenvalue weighted by atomic mass is 15.2. The molecule has 1 aliphatic carbocycles. The van der Waals surface area contributed by atoms with Gasteiger partial charge >= 0.3 is 0 Å². The molecule has 0 aliphatic heterocycles. The van der Waals surface area contributed by atoms with E-state index in [1.54, 1.807) is 11.9 Å². The van der Waals surface area contributed by atoms with Gasteiger partial charge in [-0.2, -0.15) is 0 Å². The van der Waals surface area contributed by atoms with Gasteiger partial charge in [-0.25, -0.2) is 9.97 Å². The predicted molar refractivity (Wildman–Crippen MR) is 94.3 cm³/mol. The van der Waals surface area contributed by atoms with Gasteiger partial charge in [0.15, 0.2) is 11.6 Å². The van der Waals surface area contributed by atoms with E-state index in [0.717, 1.165) is 44.0 Å². The summed E-state index contributed by atoms with van der Waals surface area (Å²) in [6.45, 7) is 4.03. The molecule has 5 heteroatoms. The zero-order chi connectivity index (χ0) is 15.8. The van der Waals surface area contributed by atoms with Crippen molar-refractivity contribution in [2.45, 2.75) is 51.9 Å². The SMILES string of the molecule is CCCCN(C)c1ncnc(NCCC2=CCCCC2)c1N. The largest absolute Gasteiger partial charge is 0.393 e. The molecule has 3 N–H and O–H groups in total. The highest BCUT2D eigenvalue weighted by molar-refractivity contribution is 5.74. The lowest BCUT2D eigenvalue weighted by Gasteiger charge is -2.21. The summed E-state index contributed by atoms with van der Waals surface area (Å²) in [6.07, 6.45) is 12.5. The second kappa shape index (κ2) is 8.61. The maximum Gasteiger partial charge on any atom is 0.157 e. The van der Waals surface area contributed by atoms with Gasteiger partial charge in [-0.05, 0) is 38.5 Å². The van der Waals surface area contributed by atoms with Crippen molar-refractivity contribution in [2.75, 3.05) is 36.1 Å². The third-order valence-electron chi connectivity index (χ3n) is 4.20. The van der Waals surface area contributed by atoms with Crippen molar-refractivity contribution in [2.24, 2.45) is 0 Å². The molecule has 2 rings (SSSR count). The van der Waals surface area contributed by atoms with Crippen molar-refractivity contribution >= 4 is 17.3 Å². The number of rotatable bonds is 8. The summed E-state index contributed by atoms with van der Waals surface area (Å²) < 4.78 is 0. The fourth-order valence-electron chi connectivity index (χ4n) is 2.81. The van der Waals surface area contributed by atoms with Crippen LogP contribution in [-0.4, -0.2) is 30.1 Å². The first-order chi connectivity index (χ1) is 10.7. The number of allylic oxidation sites excluding steroid dienone is 1. The van der Waals surface area contributed by atoms with Gasteiger partial charge in [0, 0.05) is 20.1 Å². The Hall–Kier alpha value is -1.78. The molecule has 0 amide bonds. The first-order valence-corrected chi connectivity index (χ1v) is 8.45. The van der Waals surface area contributed by atoms with E-state index in [2.05, 4.69) is 33.2 Å². The van der Waals surface area contributed by atoms with Crippen molar-refractivity contribution < 1.29 is 0 Å². The molecule has 0 bridgehead atoms. The lowest BCUT2D eigenvalue weighted by molar-refractivity contribution is 0.679. The van der Waals surface area contributed by atoms with Crippen LogP contribution in [0.15, 0.2) is 18.0 Å². The lowest BCUT2D eigenvalue weighted by atomic mass is 9.97. The molecule has 122 valence electrons. The molecule has 0 unspecified atom stereocenters. The predicted octanol–water partition coefficient (Wildman–Crippen LogP) is 3.60. The van der Waals surface area contributed by atoms with Crippen LogP contribution in [0.1, 0.15) is 51.9 Å². The Kier molecular flexibility index (Phi) is 6.49. The Bertz CT molecular complexity index is 498. The summed E-state index contributed by atoms with van der Waals surface area (Å²) in [6, 6.07) is 0. The second-order valence-electron chi connectivity index (χ2n) is 6.02. The number of unbranched alkanes of at least 4 members (excludes halogenated alkanes) is 1. The van der Waals surface area contributed by atoms with Crippen LogP contribution in [0.25, 0.3) is 0 Å². The Morgan fingerprint density at radius 1 is 1.32 bits per heavy atom. The molecule has 0 saturated carbocycles. The number of nitrogens with zero attached hydrogens (tertiary/aromatic N) is 3. The summed E-state index contributed by atoms with van der Waals surface area (Å²) in [5, 5.41) is 3.37. The first-order valence-electron chi connectivity index (χ1n) is 8.45. The zero-order valence-electron chi connectivity index (χ0n) is 13.9. The number of nitrogens with one attached hydrogen (secondary N) is 1. The molecular weight excluding hydrogens is 274 g/mol. The Labute approximate surface area is 134 Å². The number of nitrogens with two attached hydrogens (primary N) is 1. The molecule has 0 saturated heterocycles. The van der Waals surface area contributed by atoms with Crippen molar-refractivity contribution in [1.29, 1.82) is 0 Å². The highest BCUT2D eigenvalue weighted by Crippen LogP contribution is 2.26.